The third-order valence-corrected chi connectivity index (χ3v) is 3.70. The van der Waals surface area contributed by atoms with Gasteiger partial charge in [-0.2, -0.15) is 0 Å². The maximum atomic E-state index is 12.3. The Hall–Kier alpha value is -1.36. The largest absolute Gasteiger partial charge is 0.365 e. The van der Waals surface area contributed by atoms with Crippen LogP contribution in [0.4, 0.5) is 5.82 Å². The Kier molecular flexibility index (Phi) is 3.94. The molecule has 0 aromatic carbocycles. The van der Waals surface area contributed by atoms with Crippen LogP contribution in [0.1, 0.15) is 40.0 Å². The van der Waals surface area contributed by atoms with Gasteiger partial charge in [-0.3, -0.25) is 4.79 Å². The van der Waals surface area contributed by atoms with Gasteiger partial charge in [0.05, 0.1) is 0 Å². The minimum Gasteiger partial charge on any atom is -0.365 e. The Bertz CT molecular complexity index is 489. The van der Waals surface area contributed by atoms with Crippen LogP contribution in [0.25, 0.3) is 0 Å². The highest BCUT2D eigenvalue weighted by Gasteiger charge is 2.22. The Morgan fingerprint density at radius 3 is 2.79 bits per heavy atom. The lowest BCUT2D eigenvalue weighted by Gasteiger charge is -2.22. The van der Waals surface area contributed by atoms with Crippen molar-refractivity contribution in [3.63, 3.8) is 0 Å². The number of nitrogens with one attached hydrogen (secondary N) is 1. The normalized spacial score (nSPS) is 23.6. The number of nitrogens with two attached hydrogens (primary N) is 1. The summed E-state index contributed by atoms with van der Waals surface area (Å²) in [6, 6.07) is 0.321. The maximum absolute atomic E-state index is 12.3. The van der Waals surface area contributed by atoms with Gasteiger partial charge in [0.1, 0.15) is 0 Å². The maximum Gasteiger partial charge on any atom is 0.293 e. The van der Waals surface area contributed by atoms with Crippen LogP contribution in [-0.4, -0.2) is 22.1 Å². The van der Waals surface area contributed by atoms with Crippen molar-refractivity contribution in [2.75, 3.05) is 11.9 Å². The first-order valence-corrected chi connectivity index (χ1v) is 6.95. The van der Waals surface area contributed by atoms with Gasteiger partial charge < -0.3 is 15.6 Å². The van der Waals surface area contributed by atoms with E-state index < -0.39 is 0 Å². The highest BCUT2D eigenvalue weighted by molar-refractivity contribution is 5.31. The van der Waals surface area contributed by atoms with Crippen molar-refractivity contribution in [2.45, 2.75) is 51.6 Å². The van der Waals surface area contributed by atoms with E-state index in [-0.39, 0.29) is 11.1 Å². The average Bonchev–Trinajstić information content (AvgIpc) is 2.72. The van der Waals surface area contributed by atoms with Gasteiger partial charge in [-0.25, -0.2) is 4.98 Å². The molecule has 1 aliphatic carbocycles. The van der Waals surface area contributed by atoms with Gasteiger partial charge in [-0.1, -0.05) is 0 Å². The second-order valence-electron chi connectivity index (χ2n) is 6.44. The molecule has 2 atom stereocenters. The quantitative estimate of drug-likeness (QED) is 0.868. The van der Waals surface area contributed by atoms with E-state index in [4.69, 9.17) is 5.73 Å². The predicted molar refractivity (Wildman–Crippen MR) is 77.3 cm³/mol. The van der Waals surface area contributed by atoms with E-state index in [1.807, 2.05) is 20.8 Å². The highest BCUT2D eigenvalue weighted by Crippen LogP contribution is 2.23. The average molecular weight is 264 g/mol. The van der Waals surface area contributed by atoms with Crippen LogP contribution in [0.15, 0.2) is 17.2 Å². The molecule has 2 unspecified atom stereocenters. The predicted octanol–water partition coefficient (Wildman–Crippen LogP) is 1.54. The standard InChI is InChI=1S/C14H24N4O/c1-14(2,3)18-7-6-16-12(13(18)19)17-9-10-4-5-11(15)8-10/h6-7,10-11H,4-5,8-9,15H2,1-3H3,(H,16,17). The van der Waals surface area contributed by atoms with Gasteiger partial charge >= 0.3 is 0 Å². The first-order chi connectivity index (χ1) is 8.88. The second-order valence-corrected chi connectivity index (χ2v) is 6.44. The number of anilines is 1. The van der Waals surface area contributed by atoms with E-state index >= 15 is 0 Å². The second kappa shape index (κ2) is 5.33. The lowest BCUT2D eigenvalue weighted by atomic mass is 10.1. The molecule has 1 fully saturated rings. The van der Waals surface area contributed by atoms with Crippen molar-refractivity contribution in [3.8, 4) is 0 Å². The smallest absolute Gasteiger partial charge is 0.293 e. The summed E-state index contributed by atoms with van der Waals surface area (Å²) in [5, 5.41) is 3.19. The summed E-state index contributed by atoms with van der Waals surface area (Å²) < 4.78 is 1.71. The van der Waals surface area contributed by atoms with E-state index in [1.165, 1.54) is 0 Å². The van der Waals surface area contributed by atoms with E-state index in [0.717, 1.165) is 25.8 Å². The summed E-state index contributed by atoms with van der Waals surface area (Å²) in [6.45, 7) is 6.81. The van der Waals surface area contributed by atoms with Crippen LogP contribution >= 0.6 is 0 Å². The molecule has 0 radical (unpaired) electrons. The van der Waals surface area contributed by atoms with E-state index in [0.29, 0.717) is 17.8 Å². The number of aromatic nitrogens is 2. The molecule has 0 bridgehead atoms. The molecule has 0 amide bonds. The molecule has 2 rings (SSSR count). The van der Waals surface area contributed by atoms with Crippen molar-refractivity contribution < 1.29 is 0 Å². The first-order valence-electron chi connectivity index (χ1n) is 6.95. The molecular formula is C14H24N4O. The zero-order chi connectivity index (χ0) is 14.0. The van der Waals surface area contributed by atoms with E-state index in [1.54, 1.807) is 17.0 Å². The Balaban J connectivity index is 2.07. The summed E-state index contributed by atoms with van der Waals surface area (Å²) in [5.74, 6) is 0.998. The van der Waals surface area contributed by atoms with Crippen molar-refractivity contribution in [3.05, 3.63) is 22.7 Å². The molecule has 1 aliphatic rings. The van der Waals surface area contributed by atoms with Crippen LogP contribution < -0.4 is 16.6 Å². The van der Waals surface area contributed by atoms with Crippen molar-refractivity contribution in [2.24, 2.45) is 11.7 Å². The molecule has 19 heavy (non-hydrogen) atoms. The summed E-state index contributed by atoms with van der Waals surface area (Å²) in [4.78, 5) is 16.5. The topological polar surface area (TPSA) is 72.9 Å². The molecule has 0 spiro atoms. The molecule has 5 nitrogen and oxygen atoms in total. The monoisotopic (exact) mass is 264 g/mol. The van der Waals surface area contributed by atoms with Crippen LogP contribution in [-0.2, 0) is 5.54 Å². The van der Waals surface area contributed by atoms with Gasteiger partial charge in [0, 0.05) is 30.5 Å². The van der Waals surface area contributed by atoms with Crippen LogP contribution in [0, 0.1) is 5.92 Å². The van der Waals surface area contributed by atoms with Gasteiger partial charge in [-0.05, 0) is 46.0 Å². The van der Waals surface area contributed by atoms with Crippen LogP contribution in [0.3, 0.4) is 0 Å². The molecule has 5 heteroatoms. The fourth-order valence-corrected chi connectivity index (χ4v) is 2.60. The third kappa shape index (κ3) is 3.35. The SMILES string of the molecule is CC(C)(C)n1ccnc(NCC2CCC(N)C2)c1=O. The molecule has 0 aliphatic heterocycles. The molecule has 3 N–H and O–H groups in total. The summed E-state index contributed by atoms with van der Waals surface area (Å²) >= 11 is 0. The lowest BCUT2D eigenvalue weighted by Crippen LogP contribution is -2.35. The molecule has 106 valence electrons. The van der Waals surface area contributed by atoms with Gasteiger partial charge in [0.25, 0.3) is 5.56 Å². The van der Waals surface area contributed by atoms with E-state index in [2.05, 4.69) is 10.3 Å². The fourth-order valence-electron chi connectivity index (χ4n) is 2.60. The molecule has 1 aromatic rings. The molecule has 1 heterocycles. The van der Waals surface area contributed by atoms with E-state index in [9.17, 15) is 4.79 Å². The molecule has 1 saturated carbocycles. The Labute approximate surface area is 114 Å². The van der Waals surface area contributed by atoms with Gasteiger partial charge in [-0.15, -0.1) is 0 Å². The third-order valence-electron chi connectivity index (χ3n) is 3.70. The first kappa shape index (κ1) is 14.1. The number of rotatable bonds is 3. The van der Waals surface area contributed by atoms with Gasteiger partial charge in [0.15, 0.2) is 5.82 Å². The van der Waals surface area contributed by atoms with Crippen molar-refractivity contribution >= 4 is 5.82 Å². The minimum absolute atomic E-state index is 0.0581. The summed E-state index contributed by atoms with van der Waals surface area (Å²) in [5.41, 5.74) is 5.61. The lowest BCUT2D eigenvalue weighted by molar-refractivity contribution is 0.383. The Morgan fingerprint density at radius 2 is 2.21 bits per heavy atom. The molecular weight excluding hydrogens is 240 g/mol. The summed E-state index contributed by atoms with van der Waals surface area (Å²) in [6.07, 6.45) is 6.66. The zero-order valence-corrected chi connectivity index (χ0v) is 12.0. The van der Waals surface area contributed by atoms with Crippen molar-refractivity contribution in [1.82, 2.24) is 9.55 Å². The number of hydrogen-bond acceptors (Lipinski definition) is 4. The number of nitrogens with zero attached hydrogens (tertiary/aromatic N) is 2. The summed E-state index contributed by atoms with van der Waals surface area (Å²) in [7, 11) is 0. The fraction of sp³-hybridized carbons (Fsp3) is 0.714. The zero-order valence-electron chi connectivity index (χ0n) is 12.0. The Morgan fingerprint density at radius 1 is 1.47 bits per heavy atom. The van der Waals surface area contributed by atoms with Gasteiger partial charge in [0.2, 0.25) is 0 Å². The number of hydrogen-bond donors (Lipinski definition) is 2. The van der Waals surface area contributed by atoms with Crippen LogP contribution in [0.5, 0.6) is 0 Å². The molecule has 1 aromatic heterocycles. The van der Waals surface area contributed by atoms with Crippen molar-refractivity contribution in [1.29, 1.82) is 0 Å². The minimum atomic E-state index is -0.230. The van der Waals surface area contributed by atoms with Crippen LogP contribution in [0.2, 0.25) is 0 Å². The highest BCUT2D eigenvalue weighted by atomic mass is 16.1. The molecule has 0 saturated heterocycles.